The molecule has 1 atom stereocenters. The molecular formula is C16H15NO4. The van der Waals surface area contributed by atoms with Crippen molar-refractivity contribution >= 4 is 11.9 Å². The molecule has 3 rings (SSSR count). The first-order chi connectivity index (χ1) is 10.1. The predicted molar refractivity (Wildman–Crippen MR) is 75.0 cm³/mol. The van der Waals surface area contributed by atoms with E-state index in [9.17, 15) is 14.7 Å². The molecule has 1 N–H and O–H groups in total. The molecule has 1 aromatic heterocycles. The number of carbonyl (C=O) groups excluding carboxylic acids is 1. The molecule has 2 aromatic rings. The van der Waals surface area contributed by atoms with Crippen LogP contribution in [0.4, 0.5) is 0 Å². The summed E-state index contributed by atoms with van der Waals surface area (Å²) in [6, 6.07) is 9.03. The van der Waals surface area contributed by atoms with Crippen molar-refractivity contribution in [2.45, 2.75) is 19.4 Å². The summed E-state index contributed by atoms with van der Waals surface area (Å²) < 4.78 is 5.16. The minimum atomic E-state index is -0.914. The molecule has 1 unspecified atom stereocenters. The Labute approximate surface area is 121 Å². The first-order valence-corrected chi connectivity index (χ1v) is 6.71. The van der Waals surface area contributed by atoms with Crippen LogP contribution in [0.2, 0.25) is 0 Å². The molecule has 0 fully saturated rings. The molecule has 0 saturated carbocycles. The molecule has 2 heterocycles. The summed E-state index contributed by atoms with van der Waals surface area (Å²) in [6.07, 6.45) is 1.41. The van der Waals surface area contributed by atoms with Crippen molar-refractivity contribution in [1.82, 2.24) is 4.90 Å². The Morgan fingerprint density at radius 2 is 2.10 bits per heavy atom. The third-order valence-corrected chi connectivity index (χ3v) is 3.76. The first-order valence-electron chi connectivity index (χ1n) is 6.71. The first kappa shape index (κ1) is 13.4. The van der Waals surface area contributed by atoms with E-state index < -0.39 is 11.9 Å². The maximum Gasteiger partial charge on any atom is 0.312 e. The van der Waals surface area contributed by atoms with Crippen LogP contribution in [0.25, 0.3) is 0 Å². The van der Waals surface area contributed by atoms with E-state index in [1.807, 2.05) is 24.3 Å². The van der Waals surface area contributed by atoms with Crippen molar-refractivity contribution in [3.05, 3.63) is 59.0 Å². The van der Waals surface area contributed by atoms with Gasteiger partial charge in [0, 0.05) is 13.1 Å². The van der Waals surface area contributed by atoms with Crippen molar-refractivity contribution in [2.24, 2.45) is 0 Å². The van der Waals surface area contributed by atoms with Gasteiger partial charge in [0.05, 0.1) is 11.5 Å². The molecule has 108 valence electrons. The number of furan rings is 1. The number of rotatable bonds is 2. The number of hydrogen-bond donors (Lipinski definition) is 1. The van der Waals surface area contributed by atoms with Crippen LogP contribution in [0.1, 0.15) is 33.2 Å². The second kappa shape index (κ2) is 5.09. The summed E-state index contributed by atoms with van der Waals surface area (Å²) >= 11 is 0. The van der Waals surface area contributed by atoms with Gasteiger partial charge in [0.1, 0.15) is 12.0 Å². The number of carbonyl (C=O) groups is 2. The van der Waals surface area contributed by atoms with E-state index in [0.29, 0.717) is 17.9 Å². The standard InChI is InChI=1S/C16H15NO4/c1-10-6-12(9-21-10)15(18)17-7-11-4-2-3-5-13(11)14(8-17)16(19)20/h2-6,9,14H,7-8H2,1H3,(H,19,20). The van der Waals surface area contributed by atoms with E-state index in [1.165, 1.54) is 6.26 Å². The van der Waals surface area contributed by atoms with Gasteiger partial charge >= 0.3 is 5.97 Å². The third kappa shape index (κ3) is 2.42. The zero-order chi connectivity index (χ0) is 15.0. The number of fused-ring (bicyclic) bond motifs is 1. The monoisotopic (exact) mass is 285 g/mol. The van der Waals surface area contributed by atoms with E-state index in [0.717, 1.165) is 11.1 Å². The summed E-state index contributed by atoms with van der Waals surface area (Å²) in [5, 5.41) is 9.40. The lowest BCUT2D eigenvalue weighted by atomic mass is 9.89. The maximum absolute atomic E-state index is 12.5. The molecule has 1 aromatic carbocycles. The van der Waals surface area contributed by atoms with Crippen molar-refractivity contribution in [3.8, 4) is 0 Å². The quantitative estimate of drug-likeness (QED) is 0.919. The van der Waals surface area contributed by atoms with E-state index in [2.05, 4.69) is 0 Å². The van der Waals surface area contributed by atoms with Crippen LogP contribution in [0.3, 0.4) is 0 Å². The zero-order valence-electron chi connectivity index (χ0n) is 11.6. The molecule has 5 heteroatoms. The lowest BCUT2D eigenvalue weighted by Gasteiger charge is -2.32. The number of amides is 1. The second-order valence-corrected chi connectivity index (χ2v) is 5.22. The molecule has 1 amide bonds. The van der Waals surface area contributed by atoms with E-state index in [-0.39, 0.29) is 12.5 Å². The highest BCUT2D eigenvalue weighted by molar-refractivity contribution is 5.94. The summed E-state index contributed by atoms with van der Waals surface area (Å²) in [6.45, 7) is 2.36. The summed E-state index contributed by atoms with van der Waals surface area (Å²) in [4.78, 5) is 25.5. The normalized spacial score (nSPS) is 17.4. The van der Waals surface area contributed by atoms with Gasteiger partial charge in [-0.25, -0.2) is 0 Å². The molecule has 0 bridgehead atoms. The highest BCUT2D eigenvalue weighted by Crippen LogP contribution is 2.29. The van der Waals surface area contributed by atoms with Crippen molar-refractivity contribution in [3.63, 3.8) is 0 Å². The fourth-order valence-corrected chi connectivity index (χ4v) is 2.71. The van der Waals surface area contributed by atoms with E-state index in [4.69, 9.17) is 4.42 Å². The van der Waals surface area contributed by atoms with Crippen LogP contribution >= 0.6 is 0 Å². The highest BCUT2D eigenvalue weighted by Gasteiger charge is 2.33. The Balaban J connectivity index is 1.93. The highest BCUT2D eigenvalue weighted by atomic mass is 16.4. The van der Waals surface area contributed by atoms with Crippen molar-refractivity contribution in [2.75, 3.05) is 6.54 Å². The number of nitrogens with zero attached hydrogens (tertiary/aromatic N) is 1. The second-order valence-electron chi connectivity index (χ2n) is 5.22. The van der Waals surface area contributed by atoms with Gasteiger partial charge in [0.15, 0.2) is 0 Å². The van der Waals surface area contributed by atoms with Gasteiger partial charge in [-0.05, 0) is 24.1 Å². The van der Waals surface area contributed by atoms with E-state index in [1.54, 1.807) is 17.9 Å². The predicted octanol–water partition coefficient (Wildman–Crippen LogP) is 2.41. The number of carboxylic acids is 1. The molecule has 1 aliphatic rings. The number of benzene rings is 1. The van der Waals surface area contributed by atoms with Gasteiger partial charge in [-0.3, -0.25) is 9.59 Å². The van der Waals surface area contributed by atoms with Gasteiger partial charge in [-0.2, -0.15) is 0 Å². The zero-order valence-corrected chi connectivity index (χ0v) is 11.6. The minimum absolute atomic E-state index is 0.176. The van der Waals surface area contributed by atoms with Crippen LogP contribution in [0.5, 0.6) is 0 Å². The van der Waals surface area contributed by atoms with Crippen LogP contribution in [0.15, 0.2) is 41.0 Å². The summed E-state index contributed by atoms with van der Waals surface area (Å²) in [5.41, 5.74) is 2.12. The number of aliphatic carboxylic acids is 1. The van der Waals surface area contributed by atoms with Gasteiger partial charge in [0.2, 0.25) is 0 Å². The smallest absolute Gasteiger partial charge is 0.312 e. The minimum Gasteiger partial charge on any atom is -0.481 e. The summed E-state index contributed by atoms with van der Waals surface area (Å²) in [5.74, 6) is -1.15. The van der Waals surface area contributed by atoms with Crippen molar-refractivity contribution < 1.29 is 19.1 Å². The van der Waals surface area contributed by atoms with Gasteiger partial charge in [-0.15, -0.1) is 0 Å². The number of hydrogen-bond acceptors (Lipinski definition) is 3. The molecule has 21 heavy (non-hydrogen) atoms. The molecular weight excluding hydrogens is 270 g/mol. The Morgan fingerprint density at radius 1 is 1.33 bits per heavy atom. The Bertz CT molecular complexity index is 704. The van der Waals surface area contributed by atoms with Crippen molar-refractivity contribution in [1.29, 1.82) is 0 Å². The van der Waals surface area contributed by atoms with E-state index >= 15 is 0 Å². The lowest BCUT2D eigenvalue weighted by molar-refractivity contribution is -0.139. The van der Waals surface area contributed by atoms with Crippen LogP contribution in [-0.2, 0) is 11.3 Å². The topological polar surface area (TPSA) is 70.8 Å². The number of aryl methyl sites for hydroxylation is 1. The molecule has 0 spiro atoms. The van der Waals surface area contributed by atoms with Gasteiger partial charge in [0.25, 0.3) is 5.91 Å². The van der Waals surface area contributed by atoms with Gasteiger partial charge in [-0.1, -0.05) is 24.3 Å². The average molecular weight is 285 g/mol. The molecule has 0 saturated heterocycles. The largest absolute Gasteiger partial charge is 0.481 e. The molecule has 0 radical (unpaired) electrons. The van der Waals surface area contributed by atoms with Crippen LogP contribution in [-0.4, -0.2) is 28.4 Å². The fourth-order valence-electron chi connectivity index (χ4n) is 2.71. The SMILES string of the molecule is Cc1cc(C(=O)N2Cc3ccccc3C(C(=O)O)C2)co1. The fraction of sp³-hybridized carbons (Fsp3) is 0.250. The average Bonchev–Trinajstić information content (AvgIpc) is 2.91. The Morgan fingerprint density at radius 3 is 2.76 bits per heavy atom. The summed E-state index contributed by atoms with van der Waals surface area (Å²) in [7, 11) is 0. The molecule has 5 nitrogen and oxygen atoms in total. The van der Waals surface area contributed by atoms with Crippen LogP contribution in [0, 0.1) is 6.92 Å². The maximum atomic E-state index is 12.5. The number of carboxylic acid groups (broad SMARTS) is 1. The Hall–Kier alpha value is -2.56. The van der Waals surface area contributed by atoms with Crippen LogP contribution < -0.4 is 0 Å². The third-order valence-electron chi connectivity index (χ3n) is 3.76. The molecule has 1 aliphatic heterocycles. The molecule has 0 aliphatic carbocycles. The Kier molecular flexibility index (Phi) is 3.25. The lowest BCUT2D eigenvalue weighted by Crippen LogP contribution is -2.40. The van der Waals surface area contributed by atoms with Gasteiger partial charge < -0.3 is 14.4 Å².